The van der Waals surface area contributed by atoms with Gasteiger partial charge in [-0.1, -0.05) is 182 Å². The largest absolute Gasteiger partial charge is 0.144 e. The number of rotatable bonds is 10. The molecule has 0 radical (unpaired) electrons. The summed E-state index contributed by atoms with van der Waals surface area (Å²) in [5.41, 5.74) is 12.0. The molecule has 248 valence electrons. The lowest BCUT2D eigenvalue weighted by Gasteiger charge is -2.10. The maximum atomic E-state index is 2.33. The highest BCUT2D eigenvalue weighted by Crippen LogP contribution is 2.33. The number of hydrogen-bond acceptors (Lipinski definition) is 2. The van der Waals surface area contributed by atoms with E-state index in [4.69, 9.17) is 0 Å². The predicted octanol–water partition coefficient (Wildman–Crippen LogP) is 14.5. The fourth-order valence-corrected chi connectivity index (χ4v) is 8.12. The molecule has 52 heavy (non-hydrogen) atoms. The molecule has 2 heteroatoms. The van der Waals surface area contributed by atoms with Gasteiger partial charge in [0.2, 0.25) is 0 Å². The standard InChI is InChI=1S/C50H36S2/c1-3-17-39(18-4-1)47(49-25-13-33-51-49)35-43-22-9-7-15-37(43)27-28-42-30-29-41-21-11-12-24-45(41)46(42)32-31-38-16-8-10-23-44(38)36-48(50-26-14-34-52-50)40-19-5-2-6-20-40/h1-36H/b28-27?,32-31?,47-35+,48-36+. The lowest BCUT2D eigenvalue weighted by molar-refractivity contribution is 1.58. The smallest absolute Gasteiger partial charge is 0.0348 e. The van der Waals surface area contributed by atoms with Crippen LogP contribution in [-0.4, -0.2) is 0 Å². The SMILES string of the molecule is C(=Cc1ccc2ccccc2c1C=Cc1ccccc1/C=C(\c1ccccc1)c1cccs1)c1ccccc1/C=C(\c1ccccc1)c1cccs1. The van der Waals surface area contributed by atoms with Crippen molar-refractivity contribution in [2.45, 2.75) is 0 Å². The first-order valence-corrected chi connectivity index (χ1v) is 19.2. The molecule has 0 amide bonds. The highest BCUT2D eigenvalue weighted by atomic mass is 32.1. The summed E-state index contributed by atoms with van der Waals surface area (Å²) in [6, 6.07) is 60.5. The van der Waals surface area contributed by atoms with Crippen LogP contribution in [0.3, 0.4) is 0 Å². The second-order valence-corrected chi connectivity index (χ2v) is 14.4. The van der Waals surface area contributed by atoms with Crippen molar-refractivity contribution in [1.82, 2.24) is 0 Å². The Labute approximate surface area is 314 Å². The highest BCUT2D eigenvalue weighted by molar-refractivity contribution is 7.11. The minimum absolute atomic E-state index is 1.17. The van der Waals surface area contributed by atoms with Crippen molar-refractivity contribution in [3.8, 4) is 0 Å². The van der Waals surface area contributed by atoms with Crippen molar-refractivity contribution < 1.29 is 0 Å². The summed E-state index contributed by atoms with van der Waals surface area (Å²) in [5, 5.41) is 6.75. The van der Waals surface area contributed by atoms with Gasteiger partial charge in [-0.05, 0) is 101 Å². The third-order valence-electron chi connectivity index (χ3n) is 9.21. The molecule has 6 aromatic carbocycles. The number of hydrogen-bond donors (Lipinski definition) is 0. The molecule has 8 rings (SSSR count). The molecule has 0 aliphatic rings. The Morgan fingerprint density at radius 2 is 0.808 bits per heavy atom. The van der Waals surface area contributed by atoms with Gasteiger partial charge in [-0.25, -0.2) is 0 Å². The van der Waals surface area contributed by atoms with Gasteiger partial charge in [-0.15, -0.1) is 22.7 Å². The summed E-state index contributed by atoms with van der Waals surface area (Å²) < 4.78 is 0. The van der Waals surface area contributed by atoms with Crippen molar-refractivity contribution >= 4 is 81.0 Å². The average molecular weight is 701 g/mol. The van der Waals surface area contributed by atoms with E-state index < -0.39 is 0 Å². The summed E-state index contributed by atoms with van der Waals surface area (Å²) >= 11 is 3.55. The van der Waals surface area contributed by atoms with E-state index >= 15 is 0 Å². The van der Waals surface area contributed by atoms with Gasteiger partial charge >= 0.3 is 0 Å². The molecule has 0 fully saturated rings. The zero-order valence-electron chi connectivity index (χ0n) is 28.6. The minimum Gasteiger partial charge on any atom is -0.144 e. The first-order valence-electron chi connectivity index (χ1n) is 17.5. The Hall–Kier alpha value is -6.06. The van der Waals surface area contributed by atoms with E-state index in [9.17, 15) is 0 Å². The molecule has 0 aliphatic heterocycles. The van der Waals surface area contributed by atoms with E-state index in [-0.39, 0.29) is 0 Å². The fraction of sp³-hybridized carbons (Fsp3) is 0. The molecular weight excluding hydrogens is 665 g/mol. The topological polar surface area (TPSA) is 0 Å². The zero-order valence-corrected chi connectivity index (χ0v) is 30.2. The van der Waals surface area contributed by atoms with E-state index in [1.165, 1.54) is 76.2 Å². The average Bonchev–Trinajstić information content (AvgIpc) is 3.95. The van der Waals surface area contributed by atoms with Gasteiger partial charge in [-0.3, -0.25) is 0 Å². The van der Waals surface area contributed by atoms with E-state index in [0.717, 1.165) is 0 Å². The van der Waals surface area contributed by atoms with Gasteiger partial charge in [0.15, 0.2) is 0 Å². The maximum Gasteiger partial charge on any atom is 0.0348 e. The van der Waals surface area contributed by atoms with Crippen LogP contribution in [0.5, 0.6) is 0 Å². The minimum atomic E-state index is 1.17. The maximum absolute atomic E-state index is 2.33. The van der Waals surface area contributed by atoms with Crippen LogP contribution in [0, 0.1) is 0 Å². The third kappa shape index (κ3) is 7.50. The first-order chi connectivity index (χ1) is 25.8. The van der Waals surface area contributed by atoms with Crippen molar-refractivity contribution in [2.24, 2.45) is 0 Å². The number of benzene rings is 6. The predicted molar refractivity (Wildman–Crippen MR) is 230 cm³/mol. The second-order valence-electron chi connectivity index (χ2n) is 12.5. The van der Waals surface area contributed by atoms with Crippen LogP contribution >= 0.6 is 22.7 Å². The summed E-state index contributed by atoms with van der Waals surface area (Å²) in [6.07, 6.45) is 13.7. The molecule has 0 bridgehead atoms. The molecule has 0 atom stereocenters. The third-order valence-corrected chi connectivity index (χ3v) is 11.0. The summed E-state index contributed by atoms with van der Waals surface area (Å²) in [4.78, 5) is 2.52. The van der Waals surface area contributed by atoms with Crippen LogP contribution in [0.2, 0.25) is 0 Å². The Morgan fingerprint density at radius 1 is 0.346 bits per heavy atom. The second kappa shape index (κ2) is 15.9. The summed E-state index contributed by atoms with van der Waals surface area (Å²) in [5.74, 6) is 0. The van der Waals surface area contributed by atoms with E-state index in [2.05, 4.69) is 217 Å². The van der Waals surface area contributed by atoms with Crippen LogP contribution in [0.4, 0.5) is 0 Å². The monoisotopic (exact) mass is 700 g/mol. The molecule has 0 unspecified atom stereocenters. The van der Waals surface area contributed by atoms with Crippen LogP contribution in [-0.2, 0) is 0 Å². The molecule has 2 heterocycles. The zero-order chi connectivity index (χ0) is 35.0. The van der Waals surface area contributed by atoms with Crippen molar-refractivity contribution in [3.05, 3.63) is 235 Å². The van der Waals surface area contributed by atoms with E-state index in [1.54, 1.807) is 22.7 Å². The molecule has 2 aromatic heterocycles. The summed E-state index contributed by atoms with van der Waals surface area (Å²) in [7, 11) is 0. The van der Waals surface area contributed by atoms with Crippen LogP contribution < -0.4 is 0 Å². The van der Waals surface area contributed by atoms with Crippen molar-refractivity contribution in [2.75, 3.05) is 0 Å². The van der Waals surface area contributed by atoms with Crippen molar-refractivity contribution in [1.29, 1.82) is 0 Å². The molecule has 0 aliphatic carbocycles. The van der Waals surface area contributed by atoms with Crippen LogP contribution in [0.15, 0.2) is 181 Å². The van der Waals surface area contributed by atoms with Crippen LogP contribution in [0.1, 0.15) is 54.3 Å². The Kier molecular flexibility index (Phi) is 10.1. The quantitative estimate of drug-likeness (QED) is 0.125. The Balaban J connectivity index is 1.19. The Bertz CT molecular complexity index is 2530. The lowest BCUT2D eigenvalue weighted by atomic mass is 9.95. The first kappa shape index (κ1) is 33.1. The van der Waals surface area contributed by atoms with Gasteiger partial charge in [0, 0.05) is 9.75 Å². The van der Waals surface area contributed by atoms with Gasteiger partial charge in [-0.2, -0.15) is 0 Å². The molecule has 0 spiro atoms. The van der Waals surface area contributed by atoms with Gasteiger partial charge < -0.3 is 0 Å². The summed E-state index contributed by atoms with van der Waals surface area (Å²) in [6.45, 7) is 0. The lowest BCUT2D eigenvalue weighted by Crippen LogP contribution is -1.88. The van der Waals surface area contributed by atoms with E-state index in [1.807, 2.05) is 0 Å². The van der Waals surface area contributed by atoms with E-state index in [0.29, 0.717) is 0 Å². The van der Waals surface area contributed by atoms with Gasteiger partial charge in [0.25, 0.3) is 0 Å². The van der Waals surface area contributed by atoms with Crippen molar-refractivity contribution in [3.63, 3.8) is 0 Å². The normalized spacial score (nSPS) is 12.3. The molecule has 0 saturated heterocycles. The highest BCUT2D eigenvalue weighted by Gasteiger charge is 2.10. The molecule has 0 nitrogen and oxygen atoms in total. The molecule has 0 N–H and O–H groups in total. The molecule has 0 saturated carbocycles. The number of fused-ring (bicyclic) bond motifs is 1. The number of thiophene rings is 2. The molecular formula is C50H36S2. The molecule has 8 aromatic rings. The fourth-order valence-electron chi connectivity index (χ4n) is 6.59. The van der Waals surface area contributed by atoms with Crippen LogP contribution in [0.25, 0.3) is 58.4 Å². The van der Waals surface area contributed by atoms with Gasteiger partial charge in [0.05, 0.1) is 0 Å². The Morgan fingerprint density at radius 3 is 1.35 bits per heavy atom. The van der Waals surface area contributed by atoms with Gasteiger partial charge in [0.1, 0.15) is 0 Å².